The van der Waals surface area contributed by atoms with Crippen LogP contribution in [0, 0.1) is 5.82 Å². The summed E-state index contributed by atoms with van der Waals surface area (Å²) in [5, 5.41) is 2.67. The van der Waals surface area contributed by atoms with Crippen LogP contribution in [0.3, 0.4) is 0 Å². The molecular weight excluding hydrogens is 407 g/mol. The van der Waals surface area contributed by atoms with Gasteiger partial charge in [-0.3, -0.25) is 4.79 Å². The molecule has 0 saturated carbocycles. The Labute approximate surface area is 175 Å². The van der Waals surface area contributed by atoms with Gasteiger partial charge in [0.15, 0.2) is 0 Å². The highest BCUT2D eigenvalue weighted by Crippen LogP contribution is 2.23. The molecule has 0 saturated heterocycles. The van der Waals surface area contributed by atoms with E-state index in [-0.39, 0.29) is 18.0 Å². The van der Waals surface area contributed by atoms with Crippen LogP contribution in [-0.2, 0) is 14.8 Å². The van der Waals surface area contributed by atoms with Gasteiger partial charge < -0.3 is 10.1 Å². The van der Waals surface area contributed by atoms with Gasteiger partial charge in [0.25, 0.3) is 0 Å². The third-order valence-electron chi connectivity index (χ3n) is 4.24. The zero-order chi connectivity index (χ0) is 21.6. The van der Waals surface area contributed by atoms with Gasteiger partial charge in [-0.2, -0.15) is 4.31 Å². The number of rotatable bonds is 8. The number of hydrogen-bond donors (Lipinski definition) is 1. The molecule has 0 fully saturated rings. The number of ether oxygens (including phenoxy) is 1. The minimum Gasteiger partial charge on any atom is -0.457 e. The molecule has 156 valence electrons. The summed E-state index contributed by atoms with van der Waals surface area (Å²) in [6, 6.07) is 20.5. The first kappa shape index (κ1) is 21.5. The first-order valence-corrected chi connectivity index (χ1v) is 10.7. The highest BCUT2D eigenvalue weighted by Gasteiger charge is 2.25. The minimum atomic E-state index is -3.91. The quantitative estimate of drug-likeness (QED) is 0.582. The van der Waals surface area contributed by atoms with E-state index in [2.05, 4.69) is 5.32 Å². The lowest BCUT2D eigenvalue weighted by atomic mass is 10.3. The Kier molecular flexibility index (Phi) is 6.81. The number of halogens is 1. The molecule has 0 aromatic heterocycles. The van der Waals surface area contributed by atoms with Crippen LogP contribution < -0.4 is 10.1 Å². The Morgan fingerprint density at radius 2 is 1.53 bits per heavy atom. The van der Waals surface area contributed by atoms with E-state index in [4.69, 9.17) is 4.74 Å². The molecule has 0 aliphatic carbocycles. The second-order valence-electron chi connectivity index (χ2n) is 6.37. The monoisotopic (exact) mass is 428 g/mol. The van der Waals surface area contributed by atoms with E-state index in [0.29, 0.717) is 17.2 Å². The molecule has 1 N–H and O–H groups in total. The molecule has 0 bridgehead atoms. The maximum Gasteiger partial charge on any atom is 0.243 e. The molecule has 0 atom stereocenters. The molecule has 30 heavy (non-hydrogen) atoms. The van der Waals surface area contributed by atoms with Crippen molar-refractivity contribution in [3.8, 4) is 11.5 Å². The number of amides is 1. The van der Waals surface area contributed by atoms with Gasteiger partial charge in [0.05, 0.1) is 11.4 Å². The molecule has 0 radical (unpaired) electrons. The predicted octanol–water partition coefficient (Wildman–Crippen LogP) is 4.27. The van der Waals surface area contributed by atoms with Crippen molar-refractivity contribution < 1.29 is 22.3 Å². The fourth-order valence-electron chi connectivity index (χ4n) is 2.71. The average Bonchev–Trinajstić information content (AvgIpc) is 2.74. The van der Waals surface area contributed by atoms with E-state index >= 15 is 0 Å². The van der Waals surface area contributed by atoms with Crippen molar-refractivity contribution in [3.63, 3.8) is 0 Å². The second kappa shape index (κ2) is 9.51. The summed E-state index contributed by atoms with van der Waals surface area (Å²) in [7, 11) is -3.91. The predicted molar refractivity (Wildman–Crippen MR) is 112 cm³/mol. The fourth-order valence-corrected chi connectivity index (χ4v) is 4.12. The number of hydrogen-bond acceptors (Lipinski definition) is 4. The average molecular weight is 428 g/mol. The number of benzene rings is 3. The van der Waals surface area contributed by atoms with Crippen molar-refractivity contribution in [3.05, 3.63) is 84.7 Å². The Morgan fingerprint density at radius 1 is 0.933 bits per heavy atom. The number of carbonyl (C=O) groups excluding carboxylic acids is 1. The normalized spacial score (nSPS) is 11.3. The van der Waals surface area contributed by atoms with E-state index in [1.807, 2.05) is 30.3 Å². The molecule has 8 heteroatoms. The van der Waals surface area contributed by atoms with Crippen LogP contribution in [0.15, 0.2) is 83.8 Å². The highest BCUT2D eigenvalue weighted by atomic mass is 32.2. The Bertz CT molecular complexity index is 1090. The second-order valence-corrected chi connectivity index (χ2v) is 8.31. The Hall–Kier alpha value is -3.23. The molecular formula is C22H21FN2O4S. The number of nitrogens with zero attached hydrogens (tertiary/aromatic N) is 1. The fraction of sp³-hybridized carbons (Fsp3) is 0.136. The number of anilines is 1. The van der Waals surface area contributed by atoms with Crippen LogP contribution in [0.4, 0.5) is 10.1 Å². The molecule has 6 nitrogen and oxygen atoms in total. The number of sulfonamides is 1. The van der Waals surface area contributed by atoms with Crippen LogP contribution in [0.5, 0.6) is 11.5 Å². The molecule has 1 amide bonds. The van der Waals surface area contributed by atoms with Crippen molar-refractivity contribution in [1.82, 2.24) is 4.31 Å². The van der Waals surface area contributed by atoms with Gasteiger partial charge >= 0.3 is 0 Å². The van der Waals surface area contributed by atoms with Gasteiger partial charge in [0.2, 0.25) is 15.9 Å². The standard InChI is InChI=1S/C22H21FN2O4S/c1-2-25(30(27,28)21-14-8-17(23)9-15-21)16-22(26)24-18-10-12-20(13-11-18)29-19-6-4-3-5-7-19/h3-15H,2,16H2,1H3,(H,24,26). The summed E-state index contributed by atoms with van der Waals surface area (Å²) < 4.78 is 45.2. The lowest BCUT2D eigenvalue weighted by molar-refractivity contribution is -0.116. The summed E-state index contributed by atoms with van der Waals surface area (Å²) in [5.74, 6) is 0.279. The zero-order valence-electron chi connectivity index (χ0n) is 16.3. The summed E-state index contributed by atoms with van der Waals surface area (Å²) in [5.41, 5.74) is 0.510. The van der Waals surface area contributed by atoms with Crippen molar-refractivity contribution in [1.29, 1.82) is 0 Å². The maximum absolute atomic E-state index is 13.1. The van der Waals surface area contributed by atoms with E-state index in [1.165, 1.54) is 12.1 Å². The zero-order valence-corrected chi connectivity index (χ0v) is 17.1. The first-order chi connectivity index (χ1) is 14.4. The highest BCUT2D eigenvalue weighted by molar-refractivity contribution is 7.89. The van der Waals surface area contributed by atoms with E-state index in [9.17, 15) is 17.6 Å². The third-order valence-corrected chi connectivity index (χ3v) is 6.18. The van der Waals surface area contributed by atoms with Gasteiger partial charge in [-0.1, -0.05) is 25.1 Å². The minimum absolute atomic E-state index is 0.0686. The molecule has 0 aliphatic rings. The molecule has 3 aromatic carbocycles. The number of carbonyl (C=O) groups is 1. The summed E-state index contributed by atoms with van der Waals surface area (Å²) >= 11 is 0. The van der Waals surface area contributed by atoms with Crippen LogP contribution >= 0.6 is 0 Å². The number of likely N-dealkylation sites (N-methyl/N-ethyl adjacent to an activating group) is 1. The molecule has 3 aromatic rings. The molecule has 0 spiro atoms. The van der Waals surface area contributed by atoms with Gasteiger partial charge in [0, 0.05) is 12.2 Å². The van der Waals surface area contributed by atoms with Crippen molar-refractivity contribution in [2.45, 2.75) is 11.8 Å². The smallest absolute Gasteiger partial charge is 0.243 e. The topological polar surface area (TPSA) is 75.7 Å². The van der Waals surface area contributed by atoms with Gasteiger partial charge in [0.1, 0.15) is 17.3 Å². The van der Waals surface area contributed by atoms with Gasteiger partial charge in [-0.15, -0.1) is 0 Å². The largest absolute Gasteiger partial charge is 0.457 e. The molecule has 0 unspecified atom stereocenters. The third kappa shape index (κ3) is 5.43. The van der Waals surface area contributed by atoms with Crippen molar-refractivity contribution in [2.75, 3.05) is 18.4 Å². The van der Waals surface area contributed by atoms with Crippen LogP contribution in [0.1, 0.15) is 6.92 Å². The summed E-state index contributed by atoms with van der Waals surface area (Å²) in [4.78, 5) is 12.3. The summed E-state index contributed by atoms with van der Waals surface area (Å²) in [6.45, 7) is 1.36. The van der Waals surface area contributed by atoms with Crippen LogP contribution in [-0.4, -0.2) is 31.7 Å². The first-order valence-electron chi connectivity index (χ1n) is 9.27. The number of nitrogens with one attached hydrogen (secondary N) is 1. The lowest BCUT2D eigenvalue weighted by Crippen LogP contribution is -2.37. The lowest BCUT2D eigenvalue weighted by Gasteiger charge is -2.20. The SMILES string of the molecule is CCN(CC(=O)Nc1ccc(Oc2ccccc2)cc1)S(=O)(=O)c1ccc(F)cc1. The van der Waals surface area contributed by atoms with Crippen molar-refractivity contribution in [2.24, 2.45) is 0 Å². The maximum atomic E-state index is 13.1. The Balaban J connectivity index is 1.63. The van der Waals surface area contributed by atoms with Crippen LogP contribution in [0.25, 0.3) is 0 Å². The number of para-hydroxylation sites is 1. The molecule has 0 heterocycles. The molecule has 3 rings (SSSR count). The molecule has 0 aliphatic heterocycles. The van der Waals surface area contributed by atoms with E-state index < -0.39 is 21.7 Å². The van der Waals surface area contributed by atoms with E-state index in [1.54, 1.807) is 31.2 Å². The van der Waals surface area contributed by atoms with Gasteiger partial charge in [-0.25, -0.2) is 12.8 Å². The van der Waals surface area contributed by atoms with Gasteiger partial charge in [-0.05, 0) is 60.7 Å². The van der Waals surface area contributed by atoms with E-state index in [0.717, 1.165) is 16.4 Å². The Morgan fingerprint density at radius 3 is 2.13 bits per heavy atom. The van der Waals surface area contributed by atoms with Crippen molar-refractivity contribution >= 4 is 21.6 Å². The van der Waals surface area contributed by atoms with Crippen LogP contribution in [0.2, 0.25) is 0 Å². The summed E-state index contributed by atoms with van der Waals surface area (Å²) in [6.07, 6.45) is 0.